The van der Waals surface area contributed by atoms with Gasteiger partial charge in [-0.3, -0.25) is 4.79 Å². The lowest BCUT2D eigenvalue weighted by molar-refractivity contribution is 0.242. The normalized spacial score (nSPS) is 10.8. The van der Waals surface area contributed by atoms with E-state index in [1.165, 1.54) is 0 Å². The van der Waals surface area contributed by atoms with Gasteiger partial charge in [0.25, 0.3) is 5.56 Å². The first-order valence-corrected chi connectivity index (χ1v) is 6.32. The minimum atomic E-state index is -0.0994. The molecule has 1 aromatic heterocycles. The number of nitrogens with zero attached hydrogens (tertiary/aromatic N) is 1. The molecule has 2 aromatic rings. The predicted octanol–water partition coefficient (Wildman–Crippen LogP) is 2.84. The van der Waals surface area contributed by atoms with E-state index in [-0.39, 0.29) is 11.7 Å². The summed E-state index contributed by atoms with van der Waals surface area (Å²) >= 11 is 0. The third kappa shape index (κ3) is 3.02. The summed E-state index contributed by atoms with van der Waals surface area (Å²) in [7, 11) is 0. The molecule has 0 saturated heterocycles. The fourth-order valence-electron chi connectivity index (χ4n) is 1.77. The zero-order valence-corrected chi connectivity index (χ0v) is 11.7. The average Bonchev–Trinajstić information content (AvgIpc) is 2.35. The molecule has 0 aliphatic carbocycles. The van der Waals surface area contributed by atoms with Crippen LogP contribution < -0.4 is 10.3 Å². The van der Waals surface area contributed by atoms with E-state index < -0.39 is 0 Å². The minimum absolute atomic E-state index is 0.0994. The largest absolute Gasteiger partial charge is 0.491 e. The summed E-state index contributed by atoms with van der Waals surface area (Å²) in [5, 5.41) is 0. The summed E-state index contributed by atoms with van der Waals surface area (Å²) in [5.74, 6) is 1.34. The number of nitrogens with one attached hydrogen (secondary N) is 1. The number of aromatic nitrogens is 2. The molecule has 19 heavy (non-hydrogen) atoms. The Labute approximate surface area is 112 Å². The molecule has 1 N–H and O–H groups in total. The third-order valence-electron chi connectivity index (χ3n) is 2.87. The van der Waals surface area contributed by atoms with Crippen LogP contribution in [0.5, 0.6) is 5.75 Å². The van der Waals surface area contributed by atoms with Crippen molar-refractivity contribution in [3.05, 3.63) is 45.9 Å². The van der Waals surface area contributed by atoms with E-state index in [4.69, 9.17) is 4.74 Å². The monoisotopic (exact) mass is 258 g/mol. The van der Waals surface area contributed by atoms with Gasteiger partial charge in [-0.05, 0) is 39.8 Å². The number of H-pyrrole nitrogens is 1. The van der Waals surface area contributed by atoms with Crippen LogP contribution in [-0.2, 0) is 0 Å². The van der Waals surface area contributed by atoms with Gasteiger partial charge < -0.3 is 9.72 Å². The second-order valence-corrected chi connectivity index (χ2v) is 4.82. The van der Waals surface area contributed by atoms with Crippen LogP contribution in [0.1, 0.15) is 25.1 Å². The molecular weight excluding hydrogens is 240 g/mol. The number of rotatable bonds is 3. The molecule has 0 aliphatic rings. The highest BCUT2D eigenvalue weighted by atomic mass is 16.5. The molecule has 0 aliphatic heterocycles. The van der Waals surface area contributed by atoms with E-state index in [9.17, 15) is 4.79 Å². The number of aromatic amines is 1. The zero-order chi connectivity index (χ0) is 14.0. The topological polar surface area (TPSA) is 55.0 Å². The summed E-state index contributed by atoms with van der Waals surface area (Å²) < 4.78 is 5.64. The highest BCUT2D eigenvalue weighted by Gasteiger charge is 2.07. The van der Waals surface area contributed by atoms with Crippen molar-refractivity contribution in [1.29, 1.82) is 0 Å². The van der Waals surface area contributed by atoms with Crippen molar-refractivity contribution in [3.63, 3.8) is 0 Å². The highest BCUT2D eigenvalue weighted by Crippen LogP contribution is 2.21. The van der Waals surface area contributed by atoms with Gasteiger partial charge in [-0.1, -0.05) is 12.1 Å². The molecule has 2 rings (SSSR count). The molecular formula is C15H18N2O2. The molecule has 0 atom stereocenters. The summed E-state index contributed by atoms with van der Waals surface area (Å²) in [6, 6.07) is 7.57. The maximum absolute atomic E-state index is 11.8. The molecule has 1 heterocycles. The summed E-state index contributed by atoms with van der Waals surface area (Å²) in [6.45, 7) is 7.55. The maximum Gasteiger partial charge on any atom is 0.254 e. The second-order valence-electron chi connectivity index (χ2n) is 4.82. The van der Waals surface area contributed by atoms with Crippen molar-refractivity contribution in [1.82, 2.24) is 9.97 Å². The first-order chi connectivity index (χ1) is 8.97. The number of benzene rings is 1. The van der Waals surface area contributed by atoms with Crippen LogP contribution in [0, 0.1) is 13.8 Å². The van der Waals surface area contributed by atoms with Crippen molar-refractivity contribution in [2.24, 2.45) is 0 Å². The van der Waals surface area contributed by atoms with E-state index in [0.29, 0.717) is 11.4 Å². The van der Waals surface area contributed by atoms with E-state index in [2.05, 4.69) is 9.97 Å². The van der Waals surface area contributed by atoms with Crippen LogP contribution in [0.4, 0.5) is 0 Å². The molecule has 100 valence electrons. The number of ether oxygens (including phenoxy) is 1. The van der Waals surface area contributed by atoms with E-state index in [0.717, 1.165) is 17.0 Å². The van der Waals surface area contributed by atoms with Gasteiger partial charge in [0, 0.05) is 16.8 Å². The molecule has 0 bridgehead atoms. The molecule has 0 saturated carbocycles. The summed E-state index contributed by atoms with van der Waals surface area (Å²) in [6.07, 6.45) is 0.113. The Balaban J connectivity index is 2.44. The summed E-state index contributed by atoms with van der Waals surface area (Å²) in [4.78, 5) is 19.0. The van der Waals surface area contributed by atoms with Gasteiger partial charge in [-0.25, -0.2) is 4.98 Å². The van der Waals surface area contributed by atoms with Crippen LogP contribution in [0.15, 0.2) is 29.1 Å². The van der Waals surface area contributed by atoms with Gasteiger partial charge in [0.2, 0.25) is 0 Å². The first kappa shape index (κ1) is 13.3. The second kappa shape index (κ2) is 5.26. The van der Waals surface area contributed by atoms with E-state index in [1.54, 1.807) is 6.92 Å². The number of aryl methyl sites for hydroxylation is 1. The van der Waals surface area contributed by atoms with Gasteiger partial charge in [0.15, 0.2) is 0 Å². The van der Waals surface area contributed by atoms with Crippen molar-refractivity contribution in [2.75, 3.05) is 0 Å². The molecule has 0 fully saturated rings. The lowest BCUT2D eigenvalue weighted by Gasteiger charge is -2.11. The molecule has 4 nitrogen and oxygen atoms in total. The van der Waals surface area contributed by atoms with Gasteiger partial charge in [0.05, 0.1) is 6.10 Å². The van der Waals surface area contributed by atoms with Crippen LogP contribution in [0.25, 0.3) is 11.4 Å². The highest BCUT2D eigenvalue weighted by molar-refractivity contribution is 5.57. The Hall–Kier alpha value is -2.10. The first-order valence-electron chi connectivity index (χ1n) is 6.32. The quantitative estimate of drug-likeness (QED) is 0.921. The number of hydrogen-bond donors (Lipinski definition) is 1. The lowest BCUT2D eigenvalue weighted by atomic mass is 10.2. The van der Waals surface area contributed by atoms with Crippen LogP contribution >= 0.6 is 0 Å². The smallest absolute Gasteiger partial charge is 0.254 e. The van der Waals surface area contributed by atoms with Crippen LogP contribution in [0.3, 0.4) is 0 Å². The molecule has 0 radical (unpaired) electrons. The molecule has 4 heteroatoms. The predicted molar refractivity (Wildman–Crippen MR) is 75.5 cm³/mol. The van der Waals surface area contributed by atoms with Gasteiger partial charge in [-0.15, -0.1) is 0 Å². The minimum Gasteiger partial charge on any atom is -0.491 e. The molecule has 0 spiro atoms. The third-order valence-corrected chi connectivity index (χ3v) is 2.87. The molecule has 0 amide bonds. The SMILES string of the molecule is Cc1nc(-c2cccc(OC(C)C)c2)[nH]c(=O)c1C. The fraction of sp³-hybridized carbons (Fsp3) is 0.333. The van der Waals surface area contributed by atoms with Crippen molar-refractivity contribution >= 4 is 0 Å². The Morgan fingerprint density at radius 1 is 1.26 bits per heavy atom. The number of hydrogen-bond acceptors (Lipinski definition) is 3. The molecule has 1 aromatic carbocycles. The van der Waals surface area contributed by atoms with Crippen molar-refractivity contribution in [2.45, 2.75) is 33.8 Å². The van der Waals surface area contributed by atoms with Gasteiger partial charge in [-0.2, -0.15) is 0 Å². The van der Waals surface area contributed by atoms with Gasteiger partial charge >= 0.3 is 0 Å². The standard InChI is InChI=1S/C15H18N2O2/c1-9(2)19-13-7-5-6-12(8-13)14-16-11(4)10(3)15(18)17-14/h5-9H,1-4H3,(H,16,17,18). The Morgan fingerprint density at radius 2 is 2.00 bits per heavy atom. The Morgan fingerprint density at radius 3 is 2.63 bits per heavy atom. The Kier molecular flexibility index (Phi) is 3.69. The lowest BCUT2D eigenvalue weighted by Crippen LogP contribution is -2.14. The fourth-order valence-corrected chi connectivity index (χ4v) is 1.77. The molecule has 0 unspecified atom stereocenters. The Bertz CT molecular complexity index is 645. The van der Waals surface area contributed by atoms with Crippen LogP contribution in [0.2, 0.25) is 0 Å². The van der Waals surface area contributed by atoms with Crippen LogP contribution in [-0.4, -0.2) is 16.1 Å². The maximum atomic E-state index is 11.8. The average molecular weight is 258 g/mol. The summed E-state index contributed by atoms with van der Waals surface area (Å²) in [5.41, 5.74) is 2.14. The van der Waals surface area contributed by atoms with Crippen molar-refractivity contribution < 1.29 is 4.74 Å². The van der Waals surface area contributed by atoms with Crippen molar-refractivity contribution in [3.8, 4) is 17.1 Å². The van der Waals surface area contributed by atoms with E-state index >= 15 is 0 Å². The zero-order valence-electron chi connectivity index (χ0n) is 11.7. The van der Waals surface area contributed by atoms with E-state index in [1.807, 2.05) is 45.0 Å². The van der Waals surface area contributed by atoms with Gasteiger partial charge in [0.1, 0.15) is 11.6 Å².